The molecule has 0 aliphatic heterocycles. The monoisotopic (exact) mass is 258 g/mol. The molecule has 0 aliphatic carbocycles. The zero-order chi connectivity index (χ0) is 13.8. The summed E-state index contributed by atoms with van der Waals surface area (Å²) in [5, 5.41) is 12.1. The molecule has 1 heterocycles. The first-order valence-corrected chi connectivity index (χ1v) is 6.86. The second-order valence-corrected chi connectivity index (χ2v) is 4.93. The Morgan fingerprint density at radius 1 is 1.26 bits per heavy atom. The summed E-state index contributed by atoms with van der Waals surface area (Å²) in [7, 11) is 0. The third kappa shape index (κ3) is 2.84. The Morgan fingerprint density at radius 3 is 2.68 bits per heavy atom. The number of aryl methyl sites for hydroxylation is 1. The first kappa shape index (κ1) is 13.7. The number of nitrogens with one attached hydrogen (secondary N) is 1. The lowest BCUT2D eigenvalue weighted by molar-refractivity contribution is 0.555. The van der Waals surface area contributed by atoms with E-state index in [1.54, 1.807) is 0 Å². The maximum Gasteiger partial charge on any atom is 0.103 e. The largest absolute Gasteiger partial charge is 0.309 e. The standard InChI is InChI=1S/C15H22N4/c1-5-10-16-12(3)15-13(4)19(18-17-15)14-9-7-6-8-11(14)2/h6-9,12,16H,5,10H2,1-4H3. The summed E-state index contributed by atoms with van der Waals surface area (Å²) in [6.45, 7) is 9.46. The second-order valence-electron chi connectivity index (χ2n) is 4.93. The van der Waals surface area contributed by atoms with Crippen LogP contribution in [0.15, 0.2) is 24.3 Å². The summed E-state index contributed by atoms with van der Waals surface area (Å²) in [4.78, 5) is 0. The van der Waals surface area contributed by atoms with E-state index < -0.39 is 0 Å². The molecular formula is C15H22N4. The third-order valence-electron chi connectivity index (χ3n) is 3.38. The zero-order valence-corrected chi connectivity index (χ0v) is 12.1. The van der Waals surface area contributed by atoms with Crippen molar-refractivity contribution in [1.29, 1.82) is 0 Å². The van der Waals surface area contributed by atoms with Crippen molar-refractivity contribution in [2.45, 2.75) is 40.2 Å². The zero-order valence-electron chi connectivity index (χ0n) is 12.1. The summed E-state index contributed by atoms with van der Waals surface area (Å²) in [5.74, 6) is 0. The van der Waals surface area contributed by atoms with Crippen LogP contribution in [0.2, 0.25) is 0 Å². The lowest BCUT2D eigenvalue weighted by atomic mass is 10.1. The molecule has 0 aliphatic rings. The van der Waals surface area contributed by atoms with Crippen LogP contribution in [0.3, 0.4) is 0 Å². The second kappa shape index (κ2) is 5.97. The molecule has 0 amide bonds. The maximum atomic E-state index is 4.34. The van der Waals surface area contributed by atoms with Crippen LogP contribution in [0.4, 0.5) is 0 Å². The van der Waals surface area contributed by atoms with Crippen molar-refractivity contribution in [2.24, 2.45) is 0 Å². The van der Waals surface area contributed by atoms with Gasteiger partial charge in [-0.2, -0.15) is 0 Å². The van der Waals surface area contributed by atoms with Gasteiger partial charge in [-0.05, 0) is 45.4 Å². The molecule has 1 aromatic heterocycles. The van der Waals surface area contributed by atoms with Crippen LogP contribution in [0.25, 0.3) is 5.69 Å². The van der Waals surface area contributed by atoms with Gasteiger partial charge in [0.25, 0.3) is 0 Å². The number of aromatic nitrogens is 3. The minimum atomic E-state index is 0.234. The van der Waals surface area contributed by atoms with Crippen molar-refractivity contribution in [3.8, 4) is 5.69 Å². The highest BCUT2D eigenvalue weighted by molar-refractivity contribution is 5.40. The van der Waals surface area contributed by atoms with Gasteiger partial charge in [0.05, 0.1) is 17.4 Å². The molecule has 1 N–H and O–H groups in total. The average molecular weight is 258 g/mol. The van der Waals surface area contributed by atoms with Crippen molar-refractivity contribution in [3.05, 3.63) is 41.2 Å². The highest BCUT2D eigenvalue weighted by atomic mass is 15.4. The first-order valence-electron chi connectivity index (χ1n) is 6.86. The van der Waals surface area contributed by atoms with Crippen LogP contribution in [0, 0.1) is 13.8 Å². The Bertz CT molecular complexity index is 545. The van der Waals surface area contributed by atoms with E-state index in [9.17, 15) is 0 Å². The van der Waals surface area contributed by atoms with E-state index in [1.807, 2.05) is 16.8 Å². The van der Waals surface area contributed by atoms with E-state index in [0.717, 1.165) is 30.0 Å². The minimum absolute atomic E-state index is 0.234. The summed E-state index contributed by atoms with van der Waals surface area (Å²) in [6.07, 6.45) is 1.12. The fraction of sp³-hybridized carbons (Fsp3) is 0.467. The molecule has 4 heteroatoms. The predicted molar refractivity (Wildman–Crippen MR) is 77.5 cm³/mol. The van der Waals surface area contributed by atoms with Gasteiger partial charge in [-0.3, -0.25) is 0 Å². The number of benzene rings is 1. The molecule has 19 heavy (non-hydrogen) atoms. The fourth-order valence-electron chi connectivity index (χ4n) is 2.23. The molecule has 1 aromatic carbocycles. The fourth-order valence-corrected chi connectivity index (χ4v) is 2.23. The Morgan fingerprint density at radius 2 is 2.00 bits per heavy atom. The van der Waals surface area contributed by atoms with Gasteiger partial charge in [-0.1, -0.05) is 30.3 Å². The van der Waals surface area contributed by atoms with Crippen molar-refractivity contribution in [1.82, 2.24) is 20.3 Å². The SMILES string of the molecule is CCCNC(C)c1nnn(-c2ccccc2C)c1C. The van der Waals surface area contributed by atoms with Gasteiger partial charge in [0.2, 0.25) is 0 Å². The molecule has 0 fully saturated rings. The van der Waals surface area contributed by atoms with Gasteiger partial charge < -0.3 is 5.32 Å². The van der Waals surface area contributed by atoms with E-state index >= 15 is 0 Å². The highest BCUT2D eigenvalue weighted by Crippen LogP contribution is 2.19. The molecule has 0 bridgehead atoms. The third-order valence-corrected chi connectivity index (χ3v) is 3.38. The lowest BCUT2D eigenvalue weighted by Gasteiger charge is -2.12. The molecule has 2 rings (SSSR count). The number of hydrogen-bond donors (Lipinski definition) is 1. The van der Waals surface area contributed by atoms with Crippen LogP contribution in [-0.2, 0) is 0 Å². The van der Waals surface area contributed by atoms with Gasteiger partial charge in [-0.15, -0.1) is 5.10 Å². The number of nitrogens with zero attached hydrogens (tertiary/aromatic N) is 3. The maximum absolute atomic E-state index is 4.34. The van der Waals surface area contributed by atoms with Gasteiger partial charge in [0.1, 0.15) is 5.69 Å². The topological polar surface area (TPSA) is 42.7 Å². The number of para-hydroxylation sites is 1. The number of hydrogen-bond acceptors (Lipinski definition) is 3. The van der Waals surface area contributed by atoms with Crippen molar-refractivity contribution >= 4 is 0 Å². The van der Waals surface area contributed by atoms with Crippen LogP contribution >= 0.6 is 0 Å². The minimum Gasteiger partial charge on any atom is -0.309 e. The van der Waals surface area contributed by atoms with Crippen LogP contribution in [-0.4, -0.2) is 21.5 Å². The van der Waals surface area contributed by atoms with E-state index in [0.29, 0.717) is 0 Å². The van der Waals surface area contributed by atoms with Gasteiger partial charge in [0, 0.05) is 0 Å². The van der Waals surface area contributed by atoms with Crippen molar-refractivity contribution in [3.63, 3.8) is 0 Å². The van der Waals surface area contributed by atoms with Gasteiger partial charge >= 0.3 is 0 Å². The Hall–Kier alpha value is -1.68. The van der Waals surface area contributed by atoms with E-state index in [1.165, 1.54) is 5.56 Å². The summed E-state index contributed by atoms with van der Waals surface area (Å²) in [5.41, 5.74) is 4.43. The van der Waals surface area contributed by atoms with Gasteiger partial charge in [0.15, 0.2) is 0 Å². The molecule has 1 atom stereocenters. The molecule has 0 saturated heterocycles. The molecule has 1 unspecified atom stereocenters. The normalized spacial score (nSPS) is 12.6. The summed E-state index contributed by atoms with van der Waals surface area (Å²) < 4.78 is 1.93. The average Bonchev–Trinajstić information content (AvgIpc) is 2.78. The summed E-state index contributed by atoms with van der Waals surface area (Å²) >= 11 is 0. The first-order chi connectivity index (χ1) is 9.15. The quantitative estimate of drug-likeness (QED) is 0.896. The summed E-state index contributed by atoms with van der Waals surface area (Å²) in [6, 6.07) is 8.47. The Balaban J connectivity index is 2.31. The molecule has 0 radical (unpaired) electrons. The highest BCUT2D eigenvalue weighted by Gasteiger charge is 2.16. The smallest absolute Gasteiger partial charge is 0.103 e. The Labute approximate surface area is 114 Å². The van der Waals surface area contributed by atoms with Crippen LogP contribution in [0.5, 0.6) is 0 Å². The molecule has 0 saturated carbocycles. The van der Waals surface area contributed by atoms with Gasteiger partial charge in [-0.25, -0.2) is 4.68 Å². The molecule has 102 valence electrons. The van der Waals surface area contributed by atoms with Crippen molar-refractivity contribution in [2.75, 3.05) is 6.54 Å². The molecule has 0 spiro atoms. The molecule has 4 nitrogen and oxygen atoms in total. The van der Waals surface area contributed by atoms with Crippen LogP contribution < -0.4 is 5.32 Å². The van der Waals surface area contributed by atoms with E-state index in [2.05, 4.69) is 55.5 Å². The number of rotatable bonds is 5. The lowest BCUT2D eigenvalue weighted by Crippen LogP contribution is -2.20. The van der Waals surface area contributed by atoms with Crippen molar-refractivity contribution < 1.29 is 0 Å². The molecule has 2 aromatic rings. The van der Waals surface area contributed by atoms with E-state index in [4.69, 9.17) is 0 Å². The predicted octanol–water partition coefficient (Wildman–Crippen LogP) is 2.94. The molecular weight excluding hydrogens is 236 g/mol. The van der Waals surface area contributed by atoms with Crippen LogP contribution in [0.1, 0.15) is 43.3 Å². The van der Waals surface area contributed by atoms with E-state index in [-0.39, 0.29) is 6.04 Å². The Kier molecular flexibility index (Phi) is 4.32.